The van der Waals surface area contributed by atoms with Gasteiger partial charge < -0.3 is 5.11 Å². The van der Waals surface area contributed by atoms with E-state index < -0.39 is 10.0 Å². The van der Waals surface area contributed by atoms with Crippen molar-refractivity contribution in [2.45, 2.75) is 23.8 Å². The second-order valence-electron chi connectivity index (χ2n) is 4.09. The Morgan fingerprint density at radius 1 is 1.29 bits per heavy atom. The first-order valence-corrected chi connectivity index (χ1v) is 7.96. The lowest BCUT2D eigenvalue weighted by atomic mass is 10.1. The van der Waals surface area contributed by atoms with Crippen LogP contribution in [0.5, 0.6) is 0 Å². The van der Waals surface area contributed by atoms with E-state index >= 15 is 0 Å². The zero-order valence-corrected chi connectivity index (χ0v) is 12.2. The highest BCUT2D eigenvalue weighted by Gasteiger charge is 2.28. The highest BCUT2D eigenvalue weighted by molar-refractivity contribution is 14.1. The van der Waals surface area contributed by atoms with Crippen molar-refractivity contribution in [2.24, 2.45) is 0 Å². The maximum absolute atomic E-state index is 12.3. The number of hydrogen-bond donors (Lipinski definition) is 1. The molecule has 6 heteroatoms. The molecule has 0 spiro atoms. The van der Waals surface area contributed by atoms with E-state index in [1.807, 2.05) is 6.07 Å². The third kappa shape index (κ3) is 2.98. The average Bonchev–Trinajstić information content (AvgIpc) is 2.29. The van der Waals surface area contributed by atoms with Crippen molar-refractivity contribution in [3.8, 4) is 0 Å². The van der Waals surface area contributed by atoms with Gasteiger partial charge in [-0.3, -0.25) is 0 Å². The van der Waals surface area contributed by atoms with Crippen molar-refractivity contribution < 1.29 is 13.5 Å². The summed E-state index contributed by atoms with van der Waals surface area (Å²) in [6.07, 6.45) is 0.670. The Hall–Kier alpha value is -0.180. The molecule has 0 aromatic heterocycles. The molecule has 4 nitrogen and oxygen atoms in total. The van der Waals surface area contributed by atoms with Gasteiger partial charge in [0, 0.05) is 16.7 Å². The summed E-state index contributed by atoms with van der Waals surface area (Å²) in [5.74, 6) is 0. The summed E-state index contributed by atoms with van der Waals surface area (Å²) >= 11 is 2.10. The van der Waals surface area contributed by atoms with E-state index in [0.29, 0.717) is 30.8 Å². The number of aliphatic hydroxyl groups is 1. The number of aliphatic hydroxyl groups excluding tert-OH is 1. The van der Waals surface area contributed by atoms with E-state index in [0.717, 1.165) is 3.57 Å². The molecule has 0 radical (unpaired) electrons. The van der Waals surface area contributed by atoms with Crippen LogP contribution in [0.4, 0.5) is 0 Å². The van der Waals surface area contributed by atoms with Crippen LogP contribution < -0.4 is 0 Å². The first kappa shape index (κ1) is 13.3. The molecule has 0 amide bonds. The highest BCUT2D eigenvalue weighted by atomic mass is 127. The largest absolute Gasteiger partial charge is 0.393 e. The Bertz CT molecular complexity index is 495. The van der Waals surface area contributed by atoms with Gasteiger partial charge in [-0.15, -0.1) is 0 Å². The minimum absolute atomic E-state index is 0.334. The smallest absolute Gasteiger partial charge is 0.243 e. The summed E-state index contributed by atoms with van der Waals surface area (Å²) in [5, 5.41) is 9.38. The third-order valence-corrected chi connectivity index (χ3v) is 5.42. The molecule has 2 rings (SSSR count). The predicted molar refractivity (Wildman–Crippen MR) is 73.2 cm³/mol. The van der Waals surface area contributed by atoms with E-state index in [9.17, 15) is 13.5 Å². The zero-order chi connectivity index (χ0) is 12.5. The van der Waals surface area contributed by atoms with Crippen LogP contribution in [0.1, 0.15) is 12.8 Å². The molecule has 0 saturated carbocycles. The Kier molecular flexibility index (Phi) is 4.06. The lowest BCUT2D eigenvalue weighted by Crippen LogP contribution is -2.39. The molecule has 1 aromatic rings. The topological polar surface area (TPSA) is 57.6 Å². The van der Waals surface area contributed by atoms with Crippen LogP contribution in [0.3, 0.4) is 0 Å². The predicted octanol–water partition coefficient (Wildman–Crippen LogP) is 1.44. The van der Waals surface area contributed by atoms with E-state index in [4.69, 9.17) is 0 Å². The first-order valence-electron chi connectivity index (χ1n) is 5.44. The summed E-state index contributed by atoms with van der Waals surface area (Å²) in [4.78, 5) is 0.334. The van der Waals surface area contributed by atoms with Gasteiger partial charge in [-0.1, -0.05) is 6.07 Å². The molecule has 0 atom stereocenters. The van der Waals surface area contributed by atoms with Gasteiger partial charge in [-0.2, -0.15) is 4.31 Å². The Balaban J connectivity index is 2.25. The van der Waals surface area contributed by atoms with Gasteiger partial charge in [-0.25, -0.2) is 8.42 Å². The minimum Gasteiger partial charge on any atom is -0.393 e. The third-order valence-electron chi connectivity index (χ3n) is 2.86. The standard InChI is InChI=1S/C11H14INO3S/c12-9-2-1-3-11(8-9)17(15,16)13-6-4-10(14)5-7-13/h1-3,8,10,14H,4-7H2. The normalized spacial score (nSPS) is 19.4. The molecule has 1 fully saturated rings. The van der Waals surface area contributed by atoms with Crippen molar-refractivity contribution in [1.29, 1.82) is 0 Å². The van der Waals surface area contributed by atoms with Crippen molar-refractivity contribution in [3.63, 3.8) is 0 Å². The second-order valence-corrected chi connectivity index (χ2v) is 7.28. The maximum Gasteiger partial charge on any atom is 0.243 e. The molecule has 17 heavy (non-hydrogen) atoms. The summed E-state index contributed by atoms with van der Waals surface area (Å²) in [6.45, 7) is 0.796. The molecule has 1 saturated heterocycles. The van der Waals surface area contributed by atoms with Gasteiger partial charge in [-0.05, 0) is 53.6 Å². The molecule has 94 valence electrons. The average molecular weight is 367 g/mol. The van der Waals surface area contributed by atoms with Gasteiger partial charge in [0.05, 0.1) is 11.0 Å². The maximum atomic E-state index is 12.3. The van der Waals surface area contributed by atoms with Gasteiger partial charge in [0.2, 0.25) is 10.0 Å². The van der Waals surface area contributed by atoms with E-state index in [-0.39, 0.29) is 6.10 Å². The van der Waals surface area contributed by atoms with Crippen molar-refractivity contribution in [2.75, 3.05) is 13.1 Å². The lowest BCUT2D eigenvalue weighted by molar-refractivity contribution is 0.113. The van der Waals surface area contributed by atoms with Crippen LogP contribution >= 0.6 is 22.6 Å². The number of nitrogens with zero attached hydrogens (tertiary/aromatic N) is 1. The summed E-state index contributed by atoms with van der Waals surface area (Å²) in [7, 11) is -3.39. The molecular weight excluding hydrogens is 353 g/mol. The second kappa shape index (κ2) is 5.21. The van der Waals surface area contributed by atoms with Gasteiger partial charge in [0.15, 0.2) is 0 Å². The number of hydrogen-bond acceptors (Lipinski definition) is 3. The highest BCUT2D eigenvalue weighted by Crippen LogP contribution is 2.21. The minimum atomic E-state index is -3.39. The Labute approximate surface area is 115 Å². The SMILES string of the molecule is O=S(=O)(c1cccc(I)c1)N1CCC(O)CC1. The number of rotatable bonds is 2. The Morgan fingerprint density at radius 3 is 2.53 bits per heavy atom. The summed E-state index contributed by atoms with van der Waals surface area (Å²) in [5.41, 5.74) is 0. The molecule has 1 aromatic carbocycles. The fraction of sp³-hybridized carbons (Fsp3) is 0.455. The van der Waals surface area contributed by atoms with Crippen LogP contribution in [0.2, 0.25) is 0 Å². The van der Waals surface area contributed by atoms with Crippen molar-refractivity contribution >= 4 is 32.6 Å². The van der Waals surface area contributed by atoms with Crippen LogP contribution in [-0.2, 0) is 10.0 Å². The van der Waals surface area contributed by atoms with Gasteiger partial charge in [0.25, 0.3) is 0 Å². The molecule has 0 unspecified atom stereocenters. The fourth-order valence-corrected chi connectivity index (χ4v) is 4.13. The molecule has 0 bridgehead atoms. The monoisotopic (exact) mass is 367 g/mol. The van der Waals surface area contributed by atoms with E-state index in [1.165, 1.54) is 4.31 Å². The quantitative estimate of drug-likeness (QED) is 0.805. The number of piperidine rings is 1. The molecule has 0 aliphatic carbocycles. The van der Waals surface area contributed by atoms with E-state index in [1.54, 1.807) is 18.2 Å². The van der Waals surface area contributed by atoms with Crippen LogP contribution in [0, 0.1) is 3.57 Å². The Morgan fingerprint density at radius 2 is 1.94 bits per heavy atom. The molecule has 1 N–H and O–H groups in total. The van der Waals surface area contributed by atoms with Crippen molar-refractivity contribution in [1.82, 2.24) is 4.31 Å². The molecule has 1 heterocycles. The summed E-state index contributed by atoms with van der Waals surface area (Å²) < 4.78 is 26.9. The van der Waals surface area contributed by atoms with Crippen LogP contribution in [-0.4, -0.2) is 37.0 Å². The zero-order valence-electron chi connectivity index (χ0n) is 9.21. The molecule has 1 aliphatic heterocycles. The summed E-state index contributed by atoms with van der Waals surface area (Å²) in [6, 6.07) is 6.89. The number of sulfonamides is 1. The van der Waals surface area contributed by atoms with Gasteiger partial charge in [0.1, 0.15) is 0 Å². The number of benzene rings is 1. The molecular formula is C11H14INO3S. The van der Waals surface area contributed by atoms with Crippen LogP contribution in [0.15, 0.2) is 29.2 Å². The fourth-order valence-electron chi connectivity index (χ4n) is 1.86. The lowest BCUT2D eigenvalue weighted by Gasteiger charge is -2.28. The number of halogens is 1. The van der Waals surface area contributed by atoms with Crippen molar-refractivity contribution in [3.05, 3.63) is 27.8 Å². The van der Waals surface area contributed by atoms with Gasteiger partial charge >= 0.3 is 0 Å². The molecule has 1 aliphatic rings. The first-order chi connectivity index (χ1) is 8.00. The van der Waals surface area contributed by atoms with Crippen LogP contribution in [0.25, 0.3) is 0 Å². The van der Waals surface area contributed by atoms with E-state index in [2.05, 4.69) is 22.6 Å².